The summed E-state index contributed by atoms with van der Waals surface area (Å²) < 4.78 is 19.3. The number of aromatic nitrogens is 4. The molecule has 2 fully saturated rings. The Kier molecular flexibility index (Phi) is 3.90. The molecule has 0 aliphatic carbocycles. The van der Waals surface area contributed by atoms with Gasteiger partial charge in [-0.2, -0.15) is 10.1 Å². The fraction of sp³-hybridized carbons (Fsp3) is 0.667. The van der Waals surface area contributed by atoms with Crippen molar-refractivity contribution in [1.29, 1.82) is 0 Å². The van der Waals surface area contributed by atoms with Gasteiger partial charge in [-0.15, -0.1) is 0 Å². The lowest BCUT2D eigenvalue weighted by atomic mass is 10.2. The number of hydrogen-bond acceptors (Lipinski definition) is 6. The highest BCUT2D eigenvalue weighted by atomic mass is 16.7. The number of nitrogens with zero attached hydrogens (tertiary/aromatic N) is 4. The molecule has 2 aliphatic heterocycles. The van der Waals surface area contributed by atoms with Crippen LogP contribution in [0.5, 0.6) is 5.88 Å². The van der Waals surface area contributed by atoms with E-state index in [1.165, 1.54) is 6.33 Å². The second-order valence-electron chi connectivity index (χ2n) is 5.74. The van der Waals surface area contributed by atoms with Gasteiger partial charge in [-0.1, -0.05) is 0 Å². The van der Waals surface area contributed by atoms with Crippen molar-refractivity contribution in [2.24, 2.45) is 0 Å². The van der Waals surface area contributed by atoms with Crippen molar-refractivity contribution in [2.75, 3.05) is 13.2 Å². The van der Waals surface area contributed by atoms with Crippen LogP contribution < -0.4 is 4.74 Å². The molecule has 7 heteroatoms. The van der Waals surface area contributed by atoms with Crippen molar-refractivity contribution < 1.29 is 14.2 Å². The van der Waals surface area contributed by atoms with Gasteiger partial charge < -0.3 is 14.2 Å². The molecule has 2 aliphatic rings. The van der Waals surface area contributed by atoms with Crippen LogP contribution in [0.1, 0.15) is 44.8 Å². The zero-order chi connectivity index (χ0) is 14.8. The summed E-state index contributed by atoms with van der Waals surface area (Å²) >= 11 is 0. The molecule has 2 unspecified atom stereocenters. The maximum atomic E-state index is 5.97. The highest BCUT2D eigenvalue weighted by Gasteiger charge is 2.24. The molecule has 0 bridgehead atoms. The molecule has 0 amide bonds. The Morgan fingerprint density at radius 3 is 2.68 bits per heavy atom. The van der Waals surface area contributed by atoms with E-state index in [-0.39, 0.29) is 12.5 Å². The third-order valence-electron chi connectivity index (χ3n) is 4.16. The fourth-order valence-electron chi connectivity index (χ4n) is 3.01. The van der Waals surface area contributed by atoms with Crippen molar-refractivity contribution in [3.05, 3.63) is 12.5 Å². The first-order chi connectivity index (χ1) is 10.9. The molecule has 2 saturated heterocycles. The predicted octanol–water partition coefficient (Wildman–Crippen LogP) is 2.43. The molecule has 118 valence electrons. The number of fused-ring (bicyclic) bond motifs is 1. The summed E-state index contributed by atoms with van der Waals surface area (Å²) in [6.07, 6.45) is 9.24. The van der Waals surface area contributed by atoms with Crippen LogP contribution in [0.25, 0.3) is 11.0 Å². The zero-order valence-electron chi connectivity index (χ0n) is 12.5. The van der Waals surface area contributed by atoms with Crippen molar-refractivity contribution in [1.82, 2.24) is 19.7 Å². The normalized spacial score (nSPS) is 26.2. The SMILES string of the molecule is c1nc(OC2CCCCO2)c2c(cnn2C2CCCCO2)n1. The van der Waals surface area contributed by atoms with E-state index in [1.54, 1.807) is 6.20 Å². The summed E-state index contributed by atoms with van der Waals surface area (Å²) in [5, 5.41) is 4.44. The van der Waals surface area contributed by atoms with E-state index in [4.69, 9.17) is 14.2 Å². The molecule has 4 heterocycles. The Morgan fingerprint density at radius 1 is 1.05 bits per heavy atom. The van der Waals surface area contributed by atoms with Gasteiger partial charge in [0.2, 0.25) is 12.2 Å². The highest BCUT2D eigenvalue weighted by molar-refractivity contribution is 5.79. The van der Waals surface area contributed by atoms with E-state index in [0.717, 1.165) is 62.8 Å². The molecule has 7 nitrogen and oxygen atoms in total. The van der Waals surface area contributed by atoms with Gasteiger partial charge >= 0.3 is 0 Å². The van der Waals surface area contributed by atoms with Crippen molar-refractivity contribution in [3.63, 3.8) is 0 Å². The van der Waals surface area contributed by atoms with Crippen LogP contribution in [0.2, 0.25) is 0 Å². The standard InChI is InChI=1S/C15H20N4O3/c1-3-7-20-12(5-1)19-14-11(9-18-19)16-10-17-15(14)22-13-6-2-4-8-21-13/h9-10,12-13H,1-8H2. The summed E-state index contributed by atoms with van der Waals surface area (Å²) in [4.78, 5) is 8.58. The van der Waals surface area contributed by atoms with Gasteiger partial charge in [-0.05, 0) is 32.1 Å². The number of rotatable bonds is 3. The average Bonchev–Trinajstić information content (AvgIpc) is 3.02. The minimum atomic E-state index is -0.234. The molecule has 2 atom stereocenters. The van der Waals surface area contributed by atoms with Crippen LogP contribution in [0.15, 0.2) is 12.5 Å². The van der Waals surface area contributed by atoms with Crippen LogP contribution >= 0.6 is 0 Å². The quantitative estimate of drug-likeness (QED) is 0.867. The van der Waals surface area contributed by atoms with E-state index in [1.807, 2.05) is 4.68 Å². The van der Waals surface area contributed by atoms with Gasteiger partial charge in [-0.3, -0.25) is 0 Å². The predicted molar refractivity (Wildman–Crippen MR) is 78.4 cm³/mol. The van der Waals surface area contributed by atoms with Crippen LogP contribution in [0.3, 0.4) is 0 Å². The van der Waals surface area contributed by atoms with Crippen LogP contribution in [0, 0.1) is 0 Å². The molecule has 0 radical (unpaired) electrons. The van der Waals surface area contributed by atoms with Gasteiger partial charge in [0, 0.05) is 13.0 Å². The highest BCUT2D eigenvalue weighted by Crippen LogP contribution is 2.30. The molecule has 2 aromatic rings. The second kappa shape index (κ2) is 6.18. The summed E-state index contributed by atoms with van der Waals surface area (Å²) in [6, 6.07) is 0. The first kappa shape index (κ1) is 13.9. The van der Waals surface area contributed by atoms with Gasteiger partial charge in [0.25, 0.3) is 0 Å². The summed E-state index contributed by atoms with van der Waals surface area (Å²) in [5.41, 5.74) is 1.57. The van der Waals surface area contributed by atoms with Crippen LogP contribution in [0.4, 0.5) is 0 Å². The maximum absolute atomic E-state index is 5.97. The van der Waals surface area contributed by atoms with E-state index in [0.29, 0.717) is 5.88 Å². The molecule has 0 spiro atoms. The van der Waals surface area contributed by atoms with E-state index < -0.39 is 0 Å². The van der Waals surface area contributed by atoms with Crippen molar-refractivity contribution in [2.45, 2.75) is 51.0 Å². The topological polar surface area (TPSA) is 71.3 Å². The lowest BCUT2D eigenvalue weighted by Crippen LogP contribution is -2.26. The lowest BCUT2D eigenvalue weighted by Gasteiger charge is -2.25. The van der Waals surface area contributed by atoms with Crippen molar-refractivity contribution in [3.8, 4) is 5.88 Å². The molecule has 2 aromatic heterocycles. The van der Waals surface area contributed by atoms with Crippen molar-refractivity contribution >= 4 is 11.0 Å². The third kappa shape index (κ3) is 2.66. The maximum Gasteiger partial charge on any atom is 0.245 e. The average molecular weight is 304 g/mol. The summed E-state index contributed by atoms with van der Waals surface area (Å²) in [5.74, 6) is 0.531. The minimum Gasteiger partial charge on any atom is -0.446 e. The van der Waals surface area contributed by atoms with Gasteiger partial charge in [-0.25, -0.2) is 9.67 Å². The molecule has 0 aromatic carbocycles. The first-order valence-electron chi connectivity index (χ1n) is 8.00. The van der Waals surface area contributed by atoms with E-state index >= 15 is 0 Å². The second-order valence-corrected chi connectivity index (χ2v) is 5.74. The third-order valence-corrected chi connectivity index (χ3v) is 4.16. The minimum absolute atomic E-state index is 0.0631. The molecule has 22 heavy (non-hydrogen) atoms. The molecule has 4 rings (SSSR count). The molecule has 0 saturated carbocycles. The van der Waals surface area contributed by atoms with Crippen LogP contribution in [-0.2, 0) is 9.47 Å². The Balaban J connectivity index is 1.66. The van der Waals surface area contributed by atoms with Gasteiger partial charge in [0.1, 0.15) is 11.8 Å². The summed E-state index contributed by atoms with van der Waals surface area (Å²) in [6.45, 7) is 1.51. The Labute approximate surface area is 128 Å². The Hall–Kier alpha value is -1.73. The largest absolute Gasteiger partial charge is 0.446 e. The zero-order valence-corrected chi connectivity index (χ0v) is 12.5. The smallest absolute Gasteiger partial charge is 0.245 e. The Morgan fingerprint density at radius 2 is 1.91 bits per heavy atom. The monoisotopic (exact) mass is 304 g/mol. The summed E-state index contributed by atoms with van der Waals surface area (Å²) in [7, 11) is 0. The molecular weight excluding hydrogens is 284 g/mol. The van der Waals surface area contributed by atoms with Crippen LogP contribution in [-0.4, -0.2) is 39.3 Å². The number of ether oxygens (including phenoxy) is 3. The molecular formula is C15H20N4O3. The number of hydrogen-bond donors (Lipinski definition) is 0. The first-order valence-corrected chi connectivity index (χ1v) is 8.00. The fourth-order valence-corrected chi connectivity index (χ4v) is 3.01. The van der Waals surface area contributed by atoms with Gasteiger partial charge in [0.05, 0.1) is 12.8 Å². The van der Waals surface area contributed by atoms with E-state index in [9.17, 15) is 0 Å². The Bertz CT molecular complexity index is 633. The molecule has 0 N–H and O–H groups in total. The van der Waals surface area contributed by atoms with E-state index in [2.05, 4.69) is 15.1 Å². The lowest BCUT2D eigenvalue weighted by molar-refractivity contribution is -0.107. The van der Waals surface area contributed by atoms with Gasteiger partial charge in [0.15, 0.2) is 11.7 Å².